The summed E-state index contributed by atoms with van der Waals surface area (Å²) in [6.07, 6.45) is 0. The van der Waals surface area contributed by atoms with Crippen LogP contribution in [0.1, 0.15) is 10.5 Å². The summed E-state index contributed by atoms with van der Waals surface area (Å²) < 4.78 is 0. The minimum Gasteiger partial charge on any atom is -0.365 e. The average Bonchev–Trinajstić information content (AvgIpc) is 2.71. The van der Waals surface area contributed by atoms with Gasteiger partial charge in [-0.2, -0.15) is 0 Å². The lowest BCUT2D eigenvalue weighted by Crippen LogP contribution is -2.45. The lowest BCUT2D eigenvalue weighted by atomic mass is 10.2. The molecule has 0 saturated heterocycles. The summed E-state index contributed by atoms with van der Waals surface area (Å²) in [6.45, 7) is 0. The molecule has 0 atom stereocenters. The number of H-pyrrole nitrogens is 1. The Morgan fingerprint density at radius 1 is 1.44 bits per heavy atom. The van der Waals surface area contributed by atoms with Crippen LogP contribution in [-0.4, -0.2) is 26.9 Å². The number of carbonyl (C=O) groups excluding carboxylic acids is 1. The van der Waals surface area contributed by atoms with E-state index in [4.69, 9.17) is 11.1 Å². The number of hydrazine groups is 1. The van der Waals surface area contributed by atoms with E-state index in [-0.39, 0.29) is 10.7 Å². The summed E-state index contributed by atoms with van der Waals surface area (Å²) in [5, 5.41) is 17.4. The first-order valence-electron chi connectivity index (χ1n) is 4.91. The summed E-state index contributed by atoms with van der Waals surface area (Å²) in [7, 11) is 0. The maximum Gasteiger partial charge on any atom is 0.339 e. The molecule has 2 rings (SSSR count). The second-order valence-electron chi connectivity index (χ2n) is 3.51. The molecule has 0 bridgehead atoms. The SMILES string of the molecule is N=C(N)N(C(=O)c1cc2ccccc2[nH]1)[N+](=O)[O-]. The number of aromatic amines is 1. The molecule has 0 aliphatic carbocycles. The van der Waals surface area contributed by atoms with E-state index in [1.165, 1.54) is 6.07 Å². The summed E-state index contributed by atoms with van der Waals surface area (Å²) in [5.74, 6) is -1.92. The predicted molar refractivity (Wildman–Crippen MR) is 63.4 cm³/mol. The summed E-state index contributed by atoms with van der Waals surface area (Å²) in [6, 6.07) is 8.50. The van der Waals surface area contributed by atoms with E-state index in [1.54, 1.807) is 24.3 Å². The summed E-state index contributed by atoms with van der Waals surface area (Å²) in [4.78, 5) is 25.2. The molecule has 8 nitrogen and oxygen atoms in total. The third-order valence-electron chi connectivity index (χ3n) is 2.34. The van der Waals surface area contributed by atoms with Gasteiger partial charge in [0.05, 0.1) is 0 Å². The van der Waals surface area contributed by atoms with Crippen LogP contribution in [0.5, 0.6) is 0 Å². The number of nitro groups is 1. The van der Waals surface area contributed by atoms with Crippen molar-refractivity contribution in [2.75, 3.05) is 0 Å². The van der Waals surface area contributed by atoms with Gasteiger partial charge in [-0.05, 0) is 12.1 Å². The minimum atomic E-state index is -1.03. The number of nitrogens with zero attached hydrogens (tertiary/aromatic N) is 2. The van der Waals surface area contributed by atoms with Gasteiger partial charge in [-0.1, -0.05) is 18.2 Å². The Balaban J connectivity index is 2.44. The number of para-hydroxylation sites is 1. The molecule has 2 aromatic rings. The predicted octanol–water partition coefficient (Wildman–Crippen LogP) is 0.695. The van der Waals surface area contributed by atoms with E-state index in [2.05, 4.69) is 4.98 Å². The van der Waals surface area contributed by atoms with Gasteiger partial charge in [-0.15, -0.1) is 0 Å². The van der Waals surface area contributed by atoms with Crippen LogP contribution in [0.4, 0.5) is 0 Å². The van der Waals surface area contributed by atoms with Crippen molar-refractivity contribution in [3.8, 4) is 0 Å². The first-order valence-corrected chi connectivity index (χ1v) is 4.91. The number of rotatable bonds is 2. The number of carbonyl (C=O) groups is 1. The quantitative estimate of drug-likeness (QED) is 0.312. The molecule has 1 heterocycles. The van der Waals surface area contributed by atoms with Gasteiger partial charge in [-0.25, -0.2) is 10.1 Å². The van der Waals surface area contributed by atoms with Crippen molar-refractivity contribution < 1.29 is 9.83 Å². The fourth-order valence-corrected chi connectivity index (χ4v) is 1.57. The van der Waals surface area contributed by atoms with Gasteiger partial charge in [0, 0.05) is 15.9 Å². The van der Waals surface area contributed by atoms with Gasteiger partial charge in [-0.3, -0.25) is 10.2 Å². The highest BCUT2D eigenvalue weighted by Crippen LogP contribution is 2.15. The van der Waals surface area contributed by atoms with Crippen LogP contribution >= 0.6 is 0 Å². The Hall–Kier alpha value is -2.90. The van der Waals surface area contributed by atoms with Crippen LogP contribution < -0.4 is 5.73 Å². The van der Waals surface area contributed by atoms with Crippen molar-refractivity contribution in [2.45, 2.75) is 0 Å². The highest BCUT2D eigenvalue weighted by molar-refractivity contribution is 6.04. The molecule has 8 heteroatoms. The van der Waals surface area contributed by atoms with Crippen LogP contribution in [0.15, 0.2) is 30.3 Å². The van der Waals surface area contributed by atoms with Crippen LogP contribution in [0.3, 0.4) is 0 Å². The number of benzene rings is 1. The Morgan fingerprint density at radius 2 is 2.11 bits per heavy atom. The molecule has 0 fully saturated rings. The molecule has 18 heavy (non-hydrogen) atoms. The number of guanidine groups is 1. The zero-order valence-electron chi connectivity index (χ0n) is 9.08. The van der Waals surface area contributed by atoms with Crippen molar-refractivity contribution in [1.29, 1.82) is 5.41 Å². The highest BCUT2D eigenvalue weighted by Gasteiger charge is 2.30. The highest BCUT2D eigenvalue weighted by atomic mass is 16.7. The standard InChI is InChI=1S/C10H9N5O3/c11-10(12)14(15(17)18)9(16)8-5-6-3-1-2-4-7(6)13-8/h1-5,13H,(H3,11,12). The van der Waals surface area contributed by atoms with Gasteiger partial charge in [0.2, 0.25) is 0 Å². The second-order valence-corrected chi connectivity index (χ2v) is 3.51. The van der Waals surface area contributed by atoms with Gasteiger partial charge < -0.3 is 10.7 Å². The maximum atomic E-state index is 11.8. The van der Waals surface area contributed by atoms with Crippen LogP contribution in [-0.2, 0) is 0 Å². The normalized spacial score (nSPS) is 10.2. The zero-order chi connectivity index (χ0) is 13.3. The topological polar surface area (TPSA) is 129 Å². The fourth-order valence-electron chi connectivity index (χ4n) is 1.57. The van der Waals surface area contributed by atoms with Crippen molar-refractivity contribution in [1.82, 2.24) is 9.99 Å². The molecule has 1 aromatic carbocycles. The maximum absolute atomic E-state index is 11.8. The van der Waals surface area contributed by atoms with E-state index >= 15 is 0 Å². The van der Waals surface area contributed by atoms with Crippen LogP contribution in [0.2, 0.25) is 0 Å². The molecule has 92 valence electrons. The number of nitrogens with one attached hydrogen (secondary N) is 2. The molecule has 1 aromatic heterocycles. The fraction of sp³-hybridized carbons (Fsp3) is 0. The van der Waals surface area contributed by atoms with E-state index in [9.17, 15) is 14.9 Å². The zero-order valence-corrected chi connectivity index (χ0v) is 9.08. The Labute approximate surface area is 101 Å². The number of aromatic nitrogens is 1. The third-order valence-corrected chi connectivity index (χ3v) is 2.34. The number of fused-ring (bicyclic) bond motifs is 1. The molecule has 0 aliphatic heterocycles. The van der Waals surface area contributed by atoms with Crippen molar-refractivity contribution >= 4 is 22.8 Å². The van der Waals surface area contributed by atoms with Gasteiger partial charge in [0.1, 0.15) is 5.69 Å². The average molecular weight is 247 g/mol. The molecule has 0 spiro atoms. The lowest BCUT2D eigenvalue weighted by Gasteiger charge is -2.07. The Bertz CT molecular complexity index is 601. The van der Waals surface area contributed by atoms with Crippen LogP contribution in [0.25, 0.3) is 10.9 Å². The molecule has 0 radical (unpaired) electrons. The Morgan fingerprint density at radius 3 is 2.67 bits per heavy atom. The monoisotopic (exact) mass is 247 g/mol. The number of nitrogens with two attached hydrogens (primary N) is 1. The second kappa shape index (κ2) is 4.17. The lowest BCUT2D eigenvalue weighted by molar-refractivity contribution is -0.607. The summed E-state index contributed by atoms with van der Waals surface area (Å²) in [5.41, 5.74) is 5.68. The van der Waals surface area contributed by atoms with E-state index in [0.717, 1.165) is 5.39 Å². The summed E-state index contributed by atoms with van der Waals surface area (Å²) >= 11 is 0. The largest absolute Gasteiger partial charge is 0.365 e. The molecule has 1 amide bonds. The van der Waals surface area contributed by atoms with Crippen molar-refractivity contribution in [3.05, 3.63) is 46.1 Å². The van der Waals surface area contributed by atoms with Gasteiger partial charge >= 0.3 is 5.91 Å². The molecule has 0 saturated carbocycles. The smallest absolute Gasteiger partial charge is 0.339 e. The van der Waals surface area contributed by atoms with Gasteiger partial charge in [0.25, 0.3) is 5.96 Å². The number of hydrogen-bond acceptors (Lipinski definition) is 4. The third kappa shape index (κ3) is 1.86. The first-order chi connectivity index (χ1) is 8.50. The number of hydrogen-bond donors (Lipinski definition) is 3. The van der Waals surface area contributed by atoms with E-state index < -0.39 is 16.9 Å². The van der Waals surface area contributed by atoms with Crippen LogP contribution in [0, 0.1) is 15.5 Å². The number of amides is 1. The molecule has 0 aliphatic rings. The van der Waals surface area contributed by atoms with Gasteiger partial charge in [0.15, 0.2) is 5.03 Å². The minimum absolute atomic E-state index is 0.00287. The van der Waals surface area contributed by atoms with Crippen molar-refractivity contribution in [2.24, 2.45) is 5.73 Å². The molecular weight excluding hydrogens is 238 g/mol. The molecular formula is C10H9N5O3. The Kier molecular flexibility index (Phi) is 2.68. The molecule has 0 unspecified atom stereocenters. The van der Waals surface area contributed by atoms with Crippen molar-refractivity contribution in [3.63, 3.8) is 0 Å². The first kappa shape index (κ1) is 11.6. The van der Waals surface area contributed by atoms with E-state index in [1.807, 2.05) is 0 Å². The molecule has 4 N–H and O–H groups in total. The van der Waals surface area contributed by atoms with E-state index in [0.29, 0.717) is 5.52 Å².